The zero-order valence-electron chi connectivity index (χ0n) is 20.7. The highest BCUT2D eigenvalue weighted by molar-refractivity contribution is 5.67. The Bertz CT molecular complexity index is 1650. The molecule has 0 spiro atoms. The third kappa shape index (κ3) is 3.36. The van der Waals surface area contributed by atoms with Gasteiger partial charge in [-0.15, -0.1) is 0 Å². The summed E-state index contributed by atoms with van der Waals surface area (Å²) in [5.74, 6) is -3.44. The molecule has 7 N–H and O–H groups in total. The van der Waals surface area contributed by atoms with Gasteiger partial charge in [0.05, 0.1) is 12.0 Å². The maximum atomic E-state index is 11.7. The van der Waals surface area contributed by atoms with E-state index in [0.29, 0.717) is 16.7 Å². The molecule has 40 heavy (non-hydrogen) atoms. The highest BCUT2D eigenvalue weighted by atomic mass is 16.7. The van der Waals surface area contributed by atoms with Gasteiger partial charge in [0.25, 0.3) is 0 Å². The molecule has 7 rings (SSSR count). The lowest BCUT2D eigenvalue weighted by Gasteiger charge is -2.50. The van der Waals surface area contributed by atoms with Crippen molar-refractivity contribution in [1.29, 1.82) is 0 Å². The number of ether oxygens (including phenoxy) is 3. The minimum atomic E-state index is -1.89. The number of benzene rings is 4. The van der Waals surface area contributed by atoms with Gasteiger partial charge in [-0.2, -0.15) is 0 Å². The van der Waals surface area contributed by atoms with Gasteiger partial charge in [-0.1, -0.05) is 12.1 Å². The topological polar surface area (TPSA) is 169 Å². The predicted molar refractivity (Wildman–Crippen MR) is 138 cm³/mol. The number of hydrogen-bond donors (Lipinski definition) is 7. The first-order valence-corrected chi connectivity index (χ1v) is 12.6. The molecule has 0 amide bonds. The zero-order valence-corrected chi connectivity index (χ0v) is 20.7. The van der Waals surface area contributed by atoms with Crippen molar-refractivity contribution in [2.45, 2.75) is 36.4 Å². The van der Waals surface area contributed by atoms with Crippen LogP contribution in [0.2, 0.25) is 0 Å². The molecule has 4 aromatic carbocycles. The van der Waals surface area contributed by atoms with E-state index in [1.54, 1.807) is 18.2 Å². The van der Waals surface area contributed by atoms with E-state index in [4.69, 9.17) is 14.2 Å². The fourth-order valence-electron chi connectivity index (χ4n) is 5.98. The molecule has 3 aliphatic heterocycles. The van der Waals surface area contributed by atoms with Crippen molar-refractivity contribution in [3.05, 3.63) is 94.5 Å². The Morgan fingerprint density at radius 1 is 0.675 bits per heavy atom. The Hall–Kier alpha value is -4.80. The van der Waals surface area contributed by atoms with E-state index in [2.05, 4.69) is 0 Å². The lowest BCUT2D eigenvalue weighted by Crippen LogP contribution is -2.57. The molecule has 4 aromatic rings. The fourth-order valence-corrected chi connectivity index (χ4v) is 5.98. The first-order valence-electron chi connectivity index (χ1n) is 12.6. The summed E-state index contributed by atoms with van der Waals surface area (Å²) in [6.07, 6.45) is -3.32. The molecule has 0 aliphatic carbocycles. The van der Waals surface area contributed by atoms with Gasteiger partial charge in [0.2, 0.25) is 0 Å². The van der Waals surface area contributed by atoms with Crippen LogP contribution in [0.3, 0.4) is 0 Å². The van der Waals surface area contributed by atoms with Gasteiger partial charge in [-0.25, -0.2) is 0 Å². The van der Waals surface area contributed by atoms with E-state index in [9.17, 15) is 35.7 Å². The van der Waals surface area contributed by atoms with Gasteiger partial charge in [-0.05, 0) is 42.0 Å². The predicted octanol–water partition coefficient (Wildman–Crippen LogP) is 3.38. The van der Waals surface area contributed by atoms with Crippen LogP contribution in [-0.4, -0.2) is 48.0 Å². The van der Waals surface area contributed by atoms with Crippen molar-refractivity contribution >= 4 is 0 Å². The van der Waals surface area contributed by atoms with Gasteiger partial charge in [0.15, 0.2) is 0 Å². The van der Waals surface area contributed by atoms with Gasteiger partial charge in [0, 0.05) is 46.9 Å². The Labute approximate surface area is 227 Å². The molecule has 0 aromatic heterocycles. The summed E-state index contributed by atoms with van der Waals surface area (Å²) < 4.78 is 18.7. The first kappa shape index (κ1) is 24.3. The number of aliphatic hydroxyl groups is 2. The number of phenolic OH excluding ortho intramolecular Hbond substituents is 5. The largest absolute Gasteiger partial charge is 0.508 e. The molecule has 0 radical (unpaired) electrons. The zero-order chi connectivity index (χ0) is 27.9. The van der Waals surface area contributed by atoms with Crippen molar-refractivity contribution in [3.63, 3.8) is 0 Å². The molecule has 0 saturated heterocycles. The molecule has 0 saturated carbocycles. The Morgan fingerprint density at radius 2 is 1.30 bits per heavy atom. The van der Waals surface area contributed by atoms with Crippen LogP contribution in [-0.2, 0) is 12.2 Å². The standard InChI is InChI=1S/C30H24O10/c31-15-5-1-13(2-6-15)28-20(35)11-18-21(38-28)12-23-25(27(18)36)26-24-19(34)9-17(33)10-22(24)39-30(40-23,29(26)37)14-3-7-16(32)8-4-14/h1-10,12,20,26,28-29,31-37H,11H2/t20-,26-,28-,29+,30-/m0/s1. The smallest absolute Gasteiger partial charge is 0.305 e. The Morgan fingerprint density at radius 3 is 1.98 bits per heavy atom. The van der Waals surface area contributed by atoms with Crippen LogP contribution in [0.5, 0.6) is 46.0 Å². The number of aliphatic hydroxyl groups excluding tert-OH is 2. The van der Waals surface area contributed by atoms with Crippen LogP contribution in [0, 0.1) is 0 Å². The molecule has 0 fully saturated rings. The highest BCUT2D eigenvalue weighted by Crippen LogP contribution is 2.61. The number of aromatic hydroxyl groups is 5. The van der Waals surface area contributed by atoms with Crippen LogP contribution in [0.1, 0.15) is 39.8 Å². The lowest BCUT2D eigenvalue weighted by atomic mass is 9.74. The second kappa shape index (κ2) is 8.35. The number of hydrogen-bond acceptors (Lipinski definition) is 10. The van der Waals surface area contributed by atoms with Gasteiger partial charge < -0.3 is 50.0 Å². The second-order valence-electron chi connectivity index (χ2n) is 10.2. The van der Waals surface area contributed by atoms with Crippen LogP contribution in [0.15, 0.2) is 66.7 Å². The quantitative estimate of drug-likeness (QED) is 0.199. The molecule has 10 nitrogen and oxygen atoms in total. The third-order valence-corrected chi connectivity index (χ3v) is 7.83. The third-order valence-electron chi connectivity index (χ3n) is 7.83. The molecule has 5 atom stereocenters. The van der Waals surface area contributed by atoms with Crippen molar-refractivity contribution in [1.82, 2.24) is 0 Å². The molecular formula is C30H24O10. The van der Waals surface area contributed by atoms with Crippen LogP contribution < -0.4 is 14.2 Å². The van der Waals surface area contributed by atoms with Crippen LogP contribution >= 0.6 is 0 Å². The van der Waals surface area contributed by atoms with Crippen molar-refractivity contribution in [3.8, 4) is 46.0 Å². The highest BCUT2D eigenvalue weighted by Gasteiger charge is 2.59. The van der Waals surface area contributed by atoms with E-state index >= 15 is 0 Å². The average Bonchev–Trinajstić information content (AvgIpc) is 2.90. The average molecular weight is 545 g/mol. The van der Waals surface area contributed by atoms with Crippen molar-refractivity contribution < 1.29 is 50.0 Å². The fraction of sp³-hybridized carbons (Fsp3) is 0.200. The monoisotopic (exact) mass is 544 g/mol. The molecule has 2 bridgehead atoms. The molecule has 204 valence electrons. The SMILES string of the molecule is Oc1ccc([C@@H]2Oc3cc4c(c(O)c3C[C@@H]2O)[C@@H]2c3c(O)cc(O)cc3O[C@@](c3ccc(O)cc3)(O4)[C@@H]2O)cc1. The Balaban J connectivity index is 1.43. The van der Waals surface area contributed by atoms with E-state index in [-0.39, 0.29) is 63.5 Å². The molecule has 3 heterocycles. The van der Waals surface area contributed by atoms with Gasteiger partial charge >= 0.3 is 5.79 Å². The molecule has 3 aliphatic rings. The summed E-state index contributed by atoms with van der Waals surface area (Å²) >= 11 is 0. The van der Waals surface area contributed by atoms with Crippen molar-refractivity contribution in [2.24, 2.45) is 0 Å². The van der Waals surface area contributed by atoms with Crippen LogP contribution in [0.4, 0.5) is 0 Å². The Kier molecular flexibility index (Phi) is 5.06. The number of fused-ring (bicyclic) bond motifs is 7. The summed E-state index contributed by atoms with van der Waals surface area (Å²) in [5.41, 5.74) is 1.53. The minimum Gasteiger partial charge on any atom is -0.508 e. The number of phenols is 5. The van der Waals surface area contributed by atoms with E-state index in [1.165, 1.54) is 42.5 Å². The lowest BCUT2D eigenvalue weighted by molar-refractivity contribution is -0.218. The van der Waals surface area contributed by atoms with Gasteiger partial charge in [0.1, 0.15) is 58.2 Å². The number of rotatable bonds is 2. The minimum absolute atomic E-state index is 0.0107. The molecular weight excluding hydrogens is 520 g/mol. The summed E-state index contributed by atoms with van der Waals surface area (Å²) in [6, 6.07) is 16.0. The first-order chi connectivity index (χ1) is 19.2. The summed E-state index contributed by atoms with van der Waals surface area (Å²) in [6.45, 7) is 0. The molecule has 10 heteroatoms. The summed E-state index contributed by atoms with van der Waals surface area (Å²) in [7, 11) is 0. The summed E-state index contributed by atoms with van der Waals surface area (Å²) in [5, 5.41) is 74.8. The maximum absolute atomic E-state index is 11.7. The van der Waals surface area contributed by atoms with E-state index < -0.39 is 30.0 Å². The van der Waals surface area contributed by atoms with Crippen LogP contribution in [0.25, 0.3) is 0 Å². The molecule has 0 unspecified atom stereocenters. The normalized spacial score (nSPS) is 25.9. The van der Waals surface area contributed by atoms with E-state index in [0.717, 1.165) is 6.07 Å². The van der Waals surface area contributed by atoms with E-state index in [1.807, 2.05) is 0 Å². The van der Waals surface area contributed by atoms with Gasteiger partial charge in [-0.3, -0.25) is 0 Å². The maximum Gasteiger partial charge on any atom is 0.305 e. The van der Waals surface area contributed by atoms with Crippen molar-refractivity contribution in [2.75, 3.05) is 0 Å². The second-order valence-corrected chi connectivity index (χ2v) is 10.2. The summed E-state index contributed by atoms with van der Waals surface area (Å²) in [4.78, 5) is 0.